The first kappa shape index (κ1) is 13.8. The van der Waals surface area contributed by atoms with Gasteiger partial charge in [0, 0.05) is 19.6 Å². The van der Waals surface area contributed by atoms with Crippen LogP contribution in [0.25, 0.3) is 0 Å². The van der Waals surface area contributed by atoms with Gasteiger partial charge in [0.25, 0.3) is 0 Å². The molecule has 104 valence electrons. The fourth-order valence-corrected chi connectivity index (χ4v) is 4.05. The number of nitrogens with one attached hydrogen (secondary N) is 2. The number of amides is 1. The second-order valence-electron chi connectivity index (χ2n) is 5.03. The van der Waals surface area contributed by atoms with Crippen LogP contribution in [0.3, 0.4) is 0 Å². The van der Waals surface area contributed by atoms with E-state index in [1.807, 2.05) is 0 Å². The Morgan fingerprint density at radius 1 is 1.39 bits per heavy atom. The van der Waals surface area contributed by atoms with Crippen LogP contribution in [0.4, 0.5) is 0 Å². The van der Waals surface area contributed by atoms with Gasteiger partial charge in [-0.25, -0.2) is 13.1 Å². The third kappa shape index (κ3) is 3.02. The summed E-state index contributed by atoms with van der Waals surface area (Å²) in [5.74, 6) is -0.109. The van der Waals surface area contributed by atoms with Gasteiger partial charge in [-0.05, 0) is 32.7 Å². The summed E-state index contributed by atoms with van der Waals surface area (Å²) in [5, 5.41) is 2.61. The van der Waals surface area contributed by atoms with Crippen LogP contribution in [-0.2, 0) is 14.8 Å². The largest absolute Gasteiger partial charge is 0.341 e. The third-order valence-corrected chi connectivity index (χ3v) is 5.55. The maximum absolute atomic E-state index is 12.0. The van der Waals surface area contributed by atoms with E-state index in [0.717, 1.165) is 32.5 Å². The van der Waals surface area contributed by atoms with E-state index in [1.165, 1.54) is 0 Å². The van der Waals surface area contributed by atoms with Gasteiger partial charge in [-0.3, -0.25) is 4.79 Å². The van der Waals surface area contributed by atoms with Crippen LogP contribution in [-0.4, -0.2) is 56.7 Å². The number of likely N-dealkylation sites (tertiary alicyclic amines) is 1. The molecule has 0 aromatic heterocycles. The van der Waals surface area contributed by atoms with Gasteiger partial charge >= 0.3 is 0 Å². The number of hydrogen-bond donors (Lipinski definition) is 2. The smallest absolute Gasteiger partial charge is 0.240 e. The molecule has 2 aliphatic rings. The number of sulfonamides is 1. The van der Waals surface area contributed by atoms with Crippen molar-refractivity contribution in [2.75, 3.05) is 26.2 Å². The lowest BCUT2D eigenvalue weighted by Gasteiger charge is -2.22. The van der Waals surface area contributed by atoms with Gasteiger partial charge in [0.05, 0.1) is 11.3 Å². The highest BCUT2D eigenvalue weighted by molar-refractivity contribution is 7.90. The van der Waals surface area contributed by atoms with Gasteiger partial charge < -0.3 is 10.2 Å². The van der Waals surface area contributed by atoms with E-state index in [-0.39, 0.29) is 5.91 Å². The van der Waals surface area contributed by atoms with E-state index in [4.69, 9.17) is 0 Å². The van der Waals surface area contributed by atoms with Gasteiger partial charge in [0.1, 0.15) is 0 Å². The lowest BCUT2D eigenvalue weighted by molar-refractivity contribution is -0.131. The first-order valence-electron chi connectivity index (χ1n) is 6.51. The van der Waals surface area contributed by atoms with E-state index in [9.17, 15) is 13.2 Å². The van der Waals surface area contributed by atoms with Gasteiger partial charge in [0.15, 0.2) is 0 Å². The molecule has 0 saturated carbocycles. The van der Waals surface area contributed by atoms with Crippen molar-refractivity contribution in [3.8, 4) is 0 Å². The number of hydrogen-bond acceptors (Lipinski definition) is 4. The molecule has 7 heteroatoms. The molecule has 0 spiro atoms. The first-order chi connectivity index (χ1) is 8.50. The predicted octanol–water partition coefficient (Wildman–Crippen LogP) is -0.721. The van der Waals surface area contributed by atoms with Crippen molar-refractivity contribution in [3.05, 3.63) is 0 Å². The molecule has 0 radical (unpaired) electrons. The molecular formula is C11H21N3O3S. The zero-order valence-electron chi connectivity index (χ0n) is 10.7. The van der Waals surface area contributed by atoms with Crippen LogP contribution in [0.15, 0.2) is 0 Å². The summed E-state index contributed by atoms with van der Waals surface area (Å²) in [5.41, 5.74) is 0. The molecule has 2 fully saturated rings. The average Bonchev–Trinajstić information content (AvgIpc) is 3.00. The lowest BCUT2D eigenvalue weighted by Crippen LogP contribution is -2.48. The van der Waals surface area contributed by atoms with Gasteiger partial charge in [-0.2, -0.15) is 0 Å². The fourth-order valence-electron chi connectivity index (χ4n) is 2.50. The van der Waals surface area contributed by atoms with Crippen molar-refractivity contribution in [1.82, 2.24) is 14.9 Å². The molecule has 18 heavy (non-hydrogen) atoms. The Balaban J connectivity index is 1.93. The topological polar surface area (TPSA) is 78.5 Å². The normalized spacial score (nSPS) is 26.5. The predicted molar refractivity (Wildman–Crippen MR) is 68.6 cm³/mol. The van der Waals surface area contributed by atoms with Crippen molar-refractivity contribution < 1.29 is 13.2 Å². The highest BCUT2D eigenvalue weighted by atomic mass is 32.2. The van der Waals surface area contributed by atoms with Crippen LogP contribution in [0.1, 0.15) is 26.2 Å². The van der Waals surface area contributed by atoms with Crippen molar-refractivity contribution in [1.29, 1.82) is 0 Å². The molecule has 0 aromatic carbocycles. The molecule has 2 rings (SSSR count). The quantitative estimate of drug-likeness (QED) is 0.710. The summed E-state index contributed by atoms with van der Waals surface area (Å²) < 4.78 is 26.6. The molecule has 1 amide bonds. The van der Waals surface area contributed by atoms with E-state index >= 15 is 0 Å². The van der Waals surface area contributed by atoms with E-state index in [1.54, 1.807) is 11.8 Å². The zero-order valence-corrected chi connectivity index (χ0v) is 11.5. The molecule has 2 aliphatic heterocycles. The van der Waals surface area contributed by atoms with Crippen LogP contribution in [0.5, 0.6) is 0 Å². The minimum absolute atomic E-state index is 0.109. The molecule has 6 nitrogen and oxygen atoms in total. The molecule has 2 saturated heterocycles. The van der Waals surface area contributed by atoms with Crippen LogP contribution in [0.2, 0.25) is 0 Å². The van der Waals surface area contributed by atoms with E-state index in [2.05, 4.69) is 10.0 Å². The molecule has 0 bridgehead atoms. The standard InChI is InChI=1S/C11H21N3O3S/c1-9(11(15)14-6-2-3-7-14)13-18(16,17)10-4-5-12-8-10/h9-10,12-13H,2-8H2,1H3. The second kappa shape index (κ2) is 5.54. The van der Waals surface area contributed by atoms with Crippen molar-refractivity contribution in [2.24, 2.45) is 0 Å². The van der Waals surface area contributed by atoms with Crippen molar-refractivity contribution in [3.63, 3.8) is 0 Å². The molecule has 2 heterocycles. The fraction of sp³-hybridized carbons (Fsp3) is 0.909. The minimum Gasteiger partial charge on any atom is -0.341 e. The molecule has 0 aliphatic carbocycles. The first-order valence-corrected chi connectivity index (χ1v) is 8.06. The molecular weight excluding hydrogens is 254 g/mol. The van der Waals surface area contributed by atoms with Gasteiger partial charge in [-0.1, -0.05) is 0 Å². The summed E-state index contributed by atoms with van der Waals surface area (Å²) in [6.07, 6.45) is 2.63. The Morgan fingerprint density at radius 3 is 2.61 bits per heavy atom. The summed E-state index contributed by atoms with van der Waals surface area (Å²) in [4.78, 5) is 13.8. The van der Waals surface area contributed by atoms with Crippen LogP contribution < -0.4 is 10.0 Å². The lowest BCUT2D eigenvalue weighted by atomic mass is 10.3. The summed E-state index contributed by atoms with van der Waals surface area (Å²) in [6, 6.07) is -0.659. The maximum Gasteiger partial charge on any atom is 0.240 e. The van der Waals surface area contributed by atoms with Crippen molar-refractivity contribution >= 4 is 15.9 Å². The van der Waals surface area contributed by atoms with E-state index in [0.29, 0.717) is 13.0 Å². The number of carbonyl (C=O) groups excluding carboxylic acids is 1. The van der Waals surface area contributed by atoms with Gasteiger partial charge in [0.2, 0.25) is 15.9 Å². The summed E-state index contributed by atoms with van der Waals surface area (Å²) in [6.45, 7) is 4.31. The van der Waals surface area contributed by atoms with Crippen LogP contribution in [0, 0.1) is 0 Å². The van der Waals surface area contributed by atoms with Gasteiger partial charge in [-0.15, -0.1) is 0 Å². The number of carbonyl (C=O) groups is 1. The molecule has 2 atom stereocenters. The molecule has 0 aromatic rings. The molecule has 2 unspecified atom stereocenters. The highest BCUT2D eigenvalue weighted by Crippen LogP contribution is 2.12. The Morgan fingerprint density at radius 2 is 2.06 bits per heavy atom. The maximum atomic E-state index is 12.0. The Hall–Kier alpha value is -0.660. The Kier molecular flexibility index (Phi) is 4.24. The Labute approximate surface area is 108 Å². The minimum atomic E-state index is -3.39. The summed E-state index contributed by atoms with van der Waals surface area (Å²) in [7, 11) is -3.39. The number of nitrogens with zero attached hydrogens (tertiary/aromatic N) is 1. The third-order valence-electron chi connectivity index (χ3n) is 3.58. The SMILES string of the molecule is CC(NS(=O)(=O)C1CCNC1)C(=O)N1CCCC1. The average molecular weight is 275 g/mol. The second-order valence-corrected chi connectivity index (χ2v) is 7.02. The number of rotatable bonds is 4. The highest BCUT2D eigenvalue weighted by Gasteiger charge is 2.32. The summed E-state index contributed by atoms with van der Waals surface area (Å²) >= 11 is 0. The van der Waals surface area contributed by atoms with E-state index < -0.39 is 21.3 Å². The van der Waals surface area contributed by atoms with Crippen LogP contribution >= 0.6 is 0 Å². The monoisotopic (exact) mass is 275 g/mol. The Bertz CT molecular complexity index is 398. The zero-order chi connectivity index (χ0) is 13.2. The molecule has 2 N–H and O–H groups in total. The van der Waals surface area contributed by atoms with Crippen molar-refractivity contribution in [2.45, 2.75) is 37.5 Å².